The first-order chi connectivity index (χ1) is 11.1. The van der Waals surface area contributed by atoms with Crippen molar-refractivity contribution >= 4 is 38.9 Å². The maximum absolute atomic E-state index is 12.4. The molecule has 116 valence electrons. The van der Waals surface area contributed by atoms with Crippen LogP contribution >= 0.6 is 15.9 Å². The molecule has 0 amide bonds. The third kappa shape index (κ3) is 3.12. The smallest absolute Gasteiger partial charge is 0.419 e. The summed E-state index contributed by atoms with van der Waals surface area (Å²) in [4.78, 5) is 23.8. The van der Waals surface area contributed by atoms with E-state index in [1.807, 2.05) is 30.3 Å². The highest BCUT2D eigenvalue weighted by Crippen LogP contribution is 2.24. The van der Waals surface area contributed by atoms with Gasteiger partial charge in [-0.1, -0.05) is 52.3 Å². The van der Waals surface area contributed by atoms with Crippen LogP contribution in [0.15, 0.2) is 59.1 Å². The molecule has 0 radical (unpaired) electrons. The van der Waals surface area contributed by atoms with Gasteiger partial charge in [-0.3, -0.25) is 0 Å². The number of ether oxygens (including phenoxy) is 1. The maximum Gasteiger partial charge on any atom is 0.419 e. The summed E-state index contributed by atoms with van der Waals surface area (Å²) in [6.07, 6.45) is -0.723. The van der Waals surface area contributed by atoms with Crippen molar-refractivity contribution in [2.45, 2.75) is 6.61 Å². The number of hydrogen-bond acceptors (Lipinski definition) is 3. The molecule has 0 spiro atoms. The van der Waals surface area contributed by atoms with E-state index >= 15 is 0 Å². The summed E-state index contributed by atoms with van der Waals surface area (Å²) in [5, 5.41) is 9.98. The zero-order valence-electron chi connectivity index (χ0n) is 11.9. The lowest BCUT2D eigenvalue weighted by atomic mass is 10.2. The van der Waals surface area contributed by atoms with Gasteiger partial charge in [0.1, 0.15) is 12.3 Å². The molecule has 0 saturated heterocycles. The van der Waals surface area contributed by atoms with E-state index in [1.165, 1.54) is 6.07 Å². The molecule has 1 aromatic heterocycles. The van der Waals surface area contributed by atoms with Gasteiger partial charge in [-0.05, 0) is 23.8 Å². The molecule has 0 atom stereocenters. The second-order valence-electron chi connectivity index (χ2n) is 4.91. The van der Waals surface area contributed by atoms with Crippen LogP contribution in [-0.2, 0) is 11.3 Å². The van der Waals surface area contributed by atoms with Crippen molar-refractivity contribution in [1.82, 2.24) is 4.57 Å². The summed E-state index contributed by atoms with van der Waals surface area (Å²) in [5.74, 6) is -1.19. The van der Waals surface area contributed by atoms with Gasteiger partial charge in [0.15, 0.2) is 0 Å². The average molecular weight is 374 g/mol. The second-order valence-corrected chi connectivity index (χ2v) is 5.83. The minimum atomic E-state index is -1.19. The predicted molar refractivity (Wildman–Crippen MR) is 88.6 cm³/mol. The molecule has 23 heavy (non-hydrogen) atoms. The molecule has 3 rings (SSSR count). The maximum atomic E-state index is 12.4. The molecule has 0 saturated carbocycles. The van der Waals surface area contributed by atoms with Crippen LogP contribution in [0.4, 0.5) is 4.79 Å². The van der Waals surface area contributed by atoms with Crippen LogP contribution in [-0.4, -0.2) is 21.7 Å². The first kappa shape index (κ1) is 15.3. The van der Waals surface area contributed by atoms with E-state index in [9.17, 15) is 14.7 Å². The van der Waals surface area contributed by atoms with Gasteiger partial charge in [0.05, 0.1) is 5.52 Å². The van der Waals surface area contributed by atoms with Crippen molar-refractivity contribution in [2.24, 2.45) is 0 Å². The lowest BCUT2D eigenvalue weighted by molar-refractivity contribution is 0.0681. The molecule has 5 nitrogen and oxygen atoms in total. The number of aromatic nitrogens is 1. The summed E-state index contributed by atoms with van der Waals surface area (Å²) in [6, 6.07) is 15.9. The molecule has 1 heterocycles. The molecule has 1 N–H and O–H groups in total. The average Bonchev–Trinajstić information content (AvgIpc) is 2.92. The summed E-state index contributed by atoms with van der Waals surface area (Å²) in [6.45, 7) is 0.0758. The fourth-order valence-corrected chi connectivity index (χ4v) is 2.66. The van der Waals surface area contributed by atoms with E-state index < -0.39 is 12.1 Å². The van der Waals surface area contributed by atoms with E-state index in [0.717, 1.165) is 14.6 Å². The Hall–Kier alpha value is -2.60. The van der Waals surface area contributed by atoms with Gasteiger partial charge in [-0.15, -0.1) is 0 Å². The van der Waals surface area contributed by atoms with Crippen molar-refractivity contribution in [1.29, 1.82) is 0 Å². The molecular weight excluding hydrogens is 362 g/mol. The summed E-state index contributed by atoms with van der Waals surface area (Å²) in [5.41, 5.74) is 1.18. The monoisotopic (exact) mass is 373 g/mol. The Kier molecular flexibility index (Phi) is 4.16. The number of nitrogens with zero attached hydrogens (tertiary/aromatic N) is 1. The van der Waals surface area contributed by atoms with Crippen molar-refractivity contribution in [3.8, 4) is 0 Å². The van der Waals surface area contributed by atoms with Crippen LogP contribution in [0.2, 0.25) is 0 Å². The van der Waals surface area contributed by atoms with Crippen LogP contribution in [0.5, 0.6) is 0 Å². The van der Waals surface area contributed by atoms with E-state index in [4.69, 9.17) is 4.74 Å². The van der Waals surface area contributed by atoms with Gasteiger partial charge in [0.25, 0.3) is 0 Å². The molecule has 0 aliphatic carbocycles. The van der Waals surface area contributed by atoms with Crippen LogP contribution in [0.3, 0.4) is 0 Å². The minimum absolute atomic E-state index is 0.0758. The number of fused-ring (bicyclic) bond motifs is 1. The summed E-state index contributed by atoms with van der Waals surface area (Å²) < 4.78 is 7.08. The van der Waals surface area contributed by atoms with Gasteiger partial charge < -0.3 is 9.84 Å². The standard InChI is InChI=1S/C17H12BrNO4/c18-13-7-6-12-8-15(16(20)21)19(14(12)9-13)17(22)23-10-11-4-2-1-3-5-11/h1-9H,10H2,(H,20,21). The number of carbonyl (C=O) groups is 2. The Morgan fingerprint density at radius 1 is 1.09 bits per heavy atom. The van der Waals surface area contributed by atoms with Crippen molar-refractivity contribution in [2.75, 3.05) is 0 Å². The number of hydrogen-bond donors (Lipinski definition) is 1. The van der Waals surface area contributed by atoms with Gasteiger partial charge in [-0.2, -0.15) is 0 Å². The van der Waals surface area contributed by atoms with Gasteiger partial charge in [0.2, 0.25) is 0 Å². The third-order valence-corrected chi connectivity index (χ3v) is 3.87. The Balaban J connectivity index is 1.96. The highest BCUT2D eigenvalue weighted by atomic mass is 79.9. The van der Waals surface area contributed by atoms with Crippen LogP contribution in [0.25, 0.3) is 10.9 Å². The zero-order valence-corrected chi connectivity index (χ0v) is 13.5. The van der Waals surface area contributed by atoms with Crippen LogP contribution in [0, 0.1) is 0 Å². The first-order valence-electron chi connectivity index (χ1n) is 6.81. The van der Waals surface area contributed by atoms with E-state index in [-0.39, 0.29) is 12.3 Å². The topological polar surface area (TPSA) is 68.5 Å². The molecule has 2 aromatic carbocycles. The number of halogens is 1. The van der Waals surface area contributed by atoms with Crippen molar-refractivity contribution in [3.05, 3.63) is 70.3 Å². The third-order valence-electron chi connectivity index (χ3n) is 3.37. The highest BCUT2D eigenvalue weighted by molar-refractivity contribution is 9.10. The fourth-order valence-electron chi connectivity index (χ4n) is 2.31. The number of benzene rings is 2. The Morgan fingerprint density at radius 3 is 2.52 bits per heavy atom. The number of carboxylic acids is 1. The first-order valence-corrected chi connectivity index (χ1v) is 7.61. The van der Waals surface area contributed by atoms with Gasteiger partial charge in [-0.25, -0.2) is 14.2 Å². The predicted octanol–water partition coefficient (Wildman–Crippen LogP) is 4.29. The molecule has 3 aromatic rings. The molecule has 0 bridgehead atoms. The quantitative estimate of drug-likeness (QED) is 0.743. The van der Waals surface area contributed by atoms with E-state index in [1.54, 1.807) is 18.2 Å². The Labute approximate surface area is 140 Å². The Morgan fingerprint density at radius 2 is 1.83 bits per heavy atom. The van der Waals surface area contributed by atoms with Crippen LogP contribution in [0.1, 0.15) is 16.1 Å². The molecule has 0 aliphatic heterocycles. The fraction of sp³-hybridized carbons (Fsp3) is 0.0588. The van der Waals surface area contributed by atoms with E-state index in [2.05, 4.69) is 15.9 Å². The molecule has 0 fully saturated rings. The summed E-state index contributed by atoms with van der Waals surface area (Å²) in [7, 11) is 0. The van der Waals surface area contributed by atoms with Crippen molar-refractivity contribution in [3.63, 3.8) is 0 Å². The Bertz CT molecular complexity index is 886. The molecule has 0 aliphatic rings. The van der Waals surface area contributed by atoms with E-state index in [0.29, 0.717) is 10.9 Å². The number of aromatic carboxylic acids is 1. The molecule has 6 heteroatoms. The largest absolute Gasteiger partial charge is 0.477 e. The number of rotatable bonds is 3. The van der Waals surface area contributed by atoms with Gasteiger partial charge in [0, 0.05) is 9.86 Å². The molecular formula is C17H12BrNO4. The minimum Gasteiger partial charge on any atom is -0.477 e. The lowest BCUT2D eigenvalue weighted by Crippen LogP contribution is -2.18. The van der Waals surface area contributed by atoms with Crippen molar-refractivity contribution < 1.29 is 19.4 Å². The second kappa shape index (κ2) is 6.26. The number of carboxylic acid groups (broad SMARTS) is 1. The SMILES string of the molecule is O=C(O)c1cc2ccc(Br)cc2n1C(=O)OCc1ccccc1. The summed E-state index contributed by atoms with van der Waals surface area (Å²) >= 11 is 3.32. The lowest BCUT2D eigenvalue weighted by Gasteiger charge is -2.08. The normalized spacial score (nSPS) is 10.7. The molecule has 0 unspecified atom stereocenters. The van der Waals surface area contributed by atoms with Crippen LogP contribution < -0.4 is 0 Å². The zero-order chi connectivity index (χ0) is 16.4. The highest BCUT2D eigenvalue weighted by Gasteiger charge is 2.21. The number of carbonyl (C=O) groups excluding carboxylic acids is 1. The van der Waals surface area contributed by atoms with Gasteiger partial charge >= 0.3 is 12.1 Å².